The number of carbonyl (C=O) groups is 1. The zero-order valence-electron chi connectivity index (χ0n) is 6.93. The molecule has 0 spiro atoms. The molecule has 4 heteroatoms. The van der Waals surface area contributed by atoms with Crippen LogP contribution in [0.25, 0.3) is 0 Å². The fraction of sp³-hybridized carbons (Fsp3) is 0.125. The molecule has 0 N–H and O–H groups in total. The molecule has 0 radical (unpaired) electrons. The number of rotatable bonds is 1. The van der Waals surface area contributed by atoms with Gasteiger partial charge in [0.1, 0.15) is 0 Å². The molecule has 0 bridgehead atoms. The van der Waals surface area contributed by atoms with Gasteiger partial charge in [-0.15, -0.1) is 0 Å². The smallest absolute Gasteiger partial charge is 0.545 e. The number of carboxylic acid groups (broad SMARTS) is 1. The first-order valence-corrected chi connectivity index (χ1v) is 3.46. The molecule has 0 aliphatic carbocycles. The van der Waals surface area contributed by atoms with Gasteiger partial charge < -0.3 is 9.90 Å². The van der Waals surface area contributed by atoms with Gasteiger partial charge in [0.25, 0.3) is 0 Å². The normalized spacial score (nSPS) is 8.83. The minimum absolute atomic E-state index is 0. The van der Waals surface area contributed by atoms with Gasteiger partial charge in [-0.05, 0) is 30.2 Å². The third-order valence-electron chi connectivity index (χ3n) is 1.39. The molecule has 0 fully saturated rings. The average molecular weight is 193 g/mol. The van der Waals surface area contributed by atoms with Crippen molar-refractivity contribution < 1.29 is 39.5 Å². The van der Waals surface area contributed by atoms with E-state index in [2.05, 4.69) is 0 Å². The fourth-order valence-electron chi connectivity index (χ4n) is 0.772. The van der Waals surface area contributed by atoms with E-state index < -0.39 is 5.97 Å². The maximum atomic E-state index is 10.3. The Morgan fingerprint density at radius 3 is 2.50 bits per heavy atom. The second-order valence-electron chi connectivity index (χ2n) is 2.25. The van der Waals surface area contributed by atoms with E-state index >= 15 is 0 Å². The largest absolute Gasteiger partial charge is 1.00 e. The van der Waals surface area contributed by atoms with Gasteiger partial charge in [0.2, 0.25) is 0 Å². The molecule has 1 rings (SSSR count). The number of carbonyl (C=O) groups excluding carboxylic acids is 1. The van der Waals surface area contributed by atoms with E-state index in [9.17, 15) is 9.90 Å². The predicted octanol–water partition coefficient (Wildman–Crippen LogP) is -1.98. The summed E-state index contributed by atoms with van der Waals surface area (Å²) in [6, 6.07) is 4.45. The molecule has 0 heterocycles. The minimum atomic E-state index is -1.18. The summed E-state index contributed by atoms with van der Waals surface area (Å²) >= 11 is 5.67. The summed E-state index contributed by atoms with van der Waals surface area (Å²) in [5.74, 6) is -1.18. The van der Waals surface area contributed by atoms with Gasteiger partial charge in [0.15, 0.2) is 0 Å². The van der Waals surface area contributed by atoms with Crippen LogP contribution in [-0.2, 0) is 0 Å². The molecule has 0 saturated carbocycles. The van der Waals surface area contributed by atoms with Crippen molar-refractivity contribution in [3.05, 3.63) is 34.3 Å². The average Bonchev–Trinajstić information content (AvgIpc) is 1.94. The molecule has 0 unspecified atom stereocenters. The molecule has 0 amide bonds. The predicted molar refractivity (Wildman–Crippen MR) is 40.5 cm³/mol. The molecule has 0 aliphatic rings. The van der Waals surface area contributed by atoms with Crippen LogP contribution in [0.5, 0.6) is 0 Å². The number of halogens is 1. The molecule has 0 atom stereocenters. The number of hydrogen-bond acceptors (Lipinski definition) is 2. The standard InChI is InChI=1S/C8H7ClO2.Na/c1-5-4-6(8(10)11)2-3-7(5)9;/h2-4H,1H3,(H,10,11);/q;+1/p-1. The van der Waals surface area contributed by atoms with Crippen LogP contribution in [-0.4, -0.2) is 5.97 Å². The molecule has 0 saturated heterocycles. The maximum absolute atomic E-state index is 10.3. The molecule has 1 aromatic carbocycles. The second-order valence-corrected chi connectivity index (χ2v) is 2.66. The van der Waals surface area contributed by atoms with E-state index in [-0.39, 0.29) is 35.1 Å². The molecule has 2 nitrogen and oxygen atoms in total. The van der Waals surface area contributed by atoms with Gasteiger partial charge in [-0.1, -0.05) is 17.7 Å². The Bertz CT molecular complexity index is 299. The van der Waals surface area contributed by atoms with Crippen molar-refractivity contribution >= 4 is 17.6 Å². The van der Waals surface area contributed by atoms with Gasteiger partial charge >= 0.3 is 29.6 Å². The summed E-state index contributed by atoms with van der Waals surface area (Å²) < 4.78 is 0. The van der Waals surface area contributed by atoms with E-state index in [1.807, 2.05) is 0 Å². The number of hydrogen-bond donors (Lipinski definition) is 0. The van der Waals surface area contributed by atoms with E-state index in [0.29, 0.717) is 5.02 Å². The van der Waals surface area contributed by atoms with E-state index in [4.69, 9.17) is 11.6 Å². The number of benzene rings is 1. The van der Waals surface area contributed by atoms with Crippen LogP contribution in [0, 0.1) is 6.92 Å². The van der Waals surface area contributed by atoms with Crippen LogP contribution in [0.15, 0.2) is 18.2 Å². The van der Waals surface area contributed by atoms with Crippen LogP contribution in [0.4, 0.5) is 0 Å². The van der Waals surface area contributed by atoms with Gasteiger partial charge in [0.05, 0.1) is 5.97 Å². The third kappa shape index (κ3) is 2.79. The van der Waals surface area contributed by atoms with E-state index in [1.165, 1.54) is 12.1 Å². The van der Waals surface area contributed by atoms with Gasteiger partial charge in [-0.25, -0.2) is 0 Å². The summed E-state index contributed by atoms with van der Waals surface area (Å²) in [6.07, 6.45) is 0. The van der Waals surface area contributed by atoms with Crippen LogP contribution in [0.1, 0.15) is 15.9 Å². The minimum Gasteiger partial charge on any atom is -0.545 e. The van der Waals surface area contributed by atoms with E-state index in [0.717, 1.165) is 5.56 Å². The molecular weight excluding hydrogens is 187 g/mol. The number of aromatic carboxylic acids is 1. The zero-order valence-corrected chi connectivity index (χ0v) is 9.68. The monoisotopic (exact) mass is 192 g/mol. The summed E-state index contributed by atoms with van der Waals surface area (Å²) in [7, 11) is 0. The summed E-state index contributed by atoms with van der Waals surface area (Å²) in [6.45, 7) is 1.74. The van der Waals surface area contributed by atoms with Gasteiger partial charge in [0, 0.05) is 5.02 Å². The van der Waals surface area contributed by atoms with Crippen LogP contribution < -0.4 is 34.7 Å². The van der Waals surface area contributed by atoms with Gasteiger partial charge in [-0.2, -0.15) is 0 Å². The Morgan fingerprint density at radius 2 is 2.08 bits per heavy atom. The fourth-order valence-corrected chi connectivity index (χ4v) is 0.889. The van der Waals surface area contributed by atoms with Crippen molar-refractivity contribution in [3.8, 4) is 0 Å². The Balaban J connectivity index is 0.00000121. The first-order chi connectivity index (χ1) is 5.11. The van der Waals surface area contributed by atoms with Crippen LogP contribution in [0.2, 0.25) is 5.02 Å². The van der Waals surface area contributed by atoms with Crippen molar-refractivity contribution in [2.24, 2.45) is 0 Å². The Hall–Kier alpha value is -0.0200. The number of aryl methyl sites for hydroxylation is 1. The first kappa shape index (κ1) is 12.0. The second kappa shape index (κ2) is 4.87. The van der Waals surface area contributed by atoms with Crippen molar-refractivity contribution in [1.82, 2.24) is 0 Å². The molecule has 58 valence electrons. The van der Waals surface area contributed by atoms with Crippen LogP contribution in [0.3, 0.4) is 0 Å². The van der Waals surface area contributed by atoms with Gasteiger partial charge in [-0.3, -0.25) is 0 Å². The molecule has 0 aliphatic heterocycles. The topological polar surface area (TPSA) is 40.1 Å². The Labute approximate surface area is 97.8 Å². The summed E-state index contributed by atoms with van der Waals surface area (Å²) in [5, 5.41) is 10.9. The summed E-state index contributed by atoms with van der Waals surface area (Å²) in [5.41, 5.74) is 0.903. The SMILES string of the molecule is Cc1cc(C(=O)[O-])ccc1Cl.[Na+]. The van der Waals surface area contributed by atoms with Crippen molar-refractivity contribution in [2.45, 2.75) is 6.92 Å². The number of carboxylic acids is 1. The Kier molecular flexibility index (Phi) is 4.87. The third-order valence-corrected chi connectivity index (χ3v) is 1.82. The molecule has 0 aromatic heterocycles. The Morgan fingerprint density at radius 1 is 1.50 bits per heavy atom. The summed E-state index contributed by atoms with van der Waals surface area (Å²) in [4.78, 5) is 10.3. The maximum Gasteiger partial charge on any atom is 1.00 e. The molecule has 12 heavy (non-hydrogen) atoms. The zero-order chi connectivity index (χ0) is 8.43. The van der Waals surface area contributed by atoms with Crippen molar-refractivity contribution in [3.63, 3.8) is 0 Å². The first-order valence-electron chi connectivity index (χ1n) is 3.09. The van der Waals surface area contributed by atoms with Crippen molar-refractivity contribution in [2.75, 3.05) is 0 Å². The molecular formula is C8H6ClNaO2. The van der Waals surface area contributed by atoms with E-state index in [1.54, 1.807) is 13.0 Å². The van der Waals surface area contributed by atoms with Crippen molar-refractivity contribution in [1.29, 1.82) is 0 Å². The molecule has 1 aromatic rings. The quantitative estimate of drug-likeness (QED) is 0.484. The van der Waals surface area contributed by atoms with Crippen LogP contribution >= 0.6 is 11.6 Å².